The van der Waals surface area contributed by atoms with Crippen molar-refractivity contribution in [1.82, 2.24) is 0 Å². The van der Waals surface area contributed by atoms with E-state index in [9.17, 15) is 24.3 Å². The number of carbonyl (C=O) groups is 3. The van der Waals surface area contributed by atoms with E-state index in [1.807, 2.05) is 37.3 Å². The predicted octanol–water partition coefficient (Wildman–Crippen LogP) is 5.97. The Labute approximate surface area is 240 Å². The summed E-state index contributed by atoms with van der Waals surface area (Å²) in [5, 5.41) is 13.8. The lowest BCUT2D eigenvalue weighted by molar-refractivity contribution is -0.120. The highest BCUT2D eigenvalue weighted by Crippen LogP contribution is 2.42. The van der Waals surface area contributed by atoms with Crippen LogP contribution in [0.2, 0.25) is 0 Å². The Morgan fingerprint density at radius 1 is 0.857 bits per heavy atom. The second-order valence-electron chi connectivity index (χ2n) is 10.3. The second kappa shape index (κ2) is 10.8. The van der Waals surface area contributed by atoms with Crippen LogP contribution in [0.25, 0.3) is 33.4 Å². The van der Waals surface area contributed by atoms with Crippen molar-refractivity contribution in [2.45, 2.75) is 26.2 Å². The van der Waals surface area contributed by atoms with Crippen LogP contribution < -0.4 is 15.6 Å². The fourth-order valence-electron chi connectivity index (χ4n) is 5.31. The van der Waals surface area contributed by atoms with Gasteiger partial charge in [0.1, 0.15) is 17.1 Å². The van der Waals surface area contributed by atoms with Gasteiger partial charge in [-0.2, -0.15) is 0 Å². The molecule has 8 nitrogen and oxygen atoms in total. The number of anilines is 2. The van der Waals surface area contributed by atoms with Crippen LogP contribution in [0.4, 0.5) is 11.4 Å². The largest absolute Gasteiger partial charge is 0.508 e. The average molecular weight is 559 g/mol. The number of hydrogen-bond acceptors (Lipinski definition) is 6. The Kier molecular flexibility index (Phi) is 6.88. The third kappa shape index (κ3) is 5.17. The number of amides is 3. The summed E-state index contributed by atoms with van der Waals surface area (Å²) in [6.45, 7) is 1.96. The molecule has 0 saturated heterocycles. The molecule has 0 aromatic heterocycles. The Balaban J connectivity index is 1.14. The molecule has 2 heterocycles. The van der Waals surface area contributed by atoms with Gasteiger partial charge >= 0.3 is 0 Å². The summed E-state index contributed by atoms with van der Waals surface area (Å²) in [4.78, 5) is 49.6. The molecule has 0 spiro atoms. The van der Waals surface area contributed by atoms with Gasteiger partial charge in [0.2, 0.25) is 5.91 Å². The molecule has 42 heavy (non-hydrogen) atoms. The minimum atomic E-state index is -0.355. The molecule has 3 amide bonds. The molecule has 0 atom stereocenters. The van der Waals surface area contributed by atoms with Gasteiger partial charge in [-0.1, -0.05) is 18.2 Å². The summed E-state index contributed by atoms with van der Waals surface area (Å²) in [6, 6.07) is 22.5. The highest BCUT2D eigenvalue weighted by molar-refractivity contribution is 6.28. The number of carbonyl (C=O) groups excluding carboxylic acids is 3. The van der Waals surface area contributed by atoms with Gasteiger partial charge in [0.15, 0.2) is 5.43 Å². The number of rotatable bonds is 7. The summed E-state index contributed by atoms with van der Waals surface area (Å²) >= 11 is 0. The van der Waals surface area contributed by atoms with E-state index in [0.29, 0.717) is 42.0 Å². The molecular formula is C34H26N2O6. The molecule has 8 heteroatoms. The first-order valence-corrected chi connectivity index (χ1v) is 13.5. The molecule has 0 fully saturated rings. The minimum absolute atomic E-state index is 0.0641. The van der Waals surface area contributed by atoms with E-state index in [1.165, 1.54) is 30.4 Å². The number of hydrogen-bond donors (Lipinski definition) is 2. The number of nitrogens with one attached hydrogen (secondary N) is 1. The zero-order valence-electron chi connectivity index (χ0n) is 22.7. The quantitative estimate of drug-likeness (QED) is 0.188. The molecule has 2 N–H and O–H groups in total. The zero-order chi connectivity index (χ0) is 29.4. The lowest BCUT2D eigenvalue weighted by Crippen LogP contribution is -2.29. The molecule has 0 radical (unpaired) electrons. The molecule has 6 rings (SSSR count). The van der Waals surface area contributed by atoms with Gasteiger partial charge < -0.3 is 14.8 Å². The van der Waals surface area contributed by atoms with Crippen molar-refractivity contribution in [3.05, 3.63) is 112 Å². The van der Waals surface area contributed by atoms with E-state index >= 15 is 0 Å². The van der Waals surface area contributed by atoms with E-state index in [2.05, 4.69) is 5.32 Å². The van der Waals surface area contributed by atoms with E-state index < -0.39 is 0 Å². The molecule has 3 aliphatic rings. The van der Waals surface area contributed by atoms with Crippen molar-refractivity contribution in [3.63, 3.8) is 0 Å². The number of imide groups is 1. The maximum Gasteiger partial charge on any atom is 0.258 e. The molecule has 0 bridgehead atoms. The summed E-state index contributed by atoms with van der Waals surface area (Å²) in [5.41, 5.74) is 5.98. The van der Waals surface area contributed by atoms with Gasteiger partial charge in [-0.05, 0) is 85.0 Å². The van der Waals surface area contributed by atoms with E-state index in [1.54, 1.807) is 30.3 Å². The standard InChI is InChI=1S/C34H26N2O6/c1-20-17-22(35-31(39)4-2-3-21-5-8-23(9-6-21)36-32(40)15-16-33(36)41)7-12-26(20)34-27-13-10-24(37)18-29(27)42-30-19-25(38)11-14-28(30)34/h5-19,37H,2-4H2,1H3,(H,35,39). The first kappa shape index (κ1) is 26.7. The van der Waals surface area contributed by atoms with Crippen LogP contribution in [0.15, 0.2) is 100 Å². The average Bonchev–Trinajstić information content (AvgIpc) is 3.30. The van der Waals surface area contributed by atoms with E-state index in [-0.39, 0.29) is 28.9 Å². The highest BCUT2D eigenvalue weighted by Gasteiger charge is 2.25. The van der Waals surface area contributed by atoms with Crippen LogP contribution in [-0.4, -0.2) is 22.8 Å². The zero-order valence-corrected chi connectivity index (χ0v) is 22.7. The van der Waals surface area contributed by atoms with Crippen LogP contribution in [0, 0.1) is 6.92 Å². The molecule has 3 aromatic carbocycles. The third-order valence-corrected chi connectivity index (χ3v) is 7.33. The Bertz CT molecular complexity index is 1920. The topological polar surface area (TPSA) is 117 Å². The van der Waals surface area contributed by atoms with Crippen molar-refractivity contribution in [3.8, 4) is 28.2 Å². The van der Waals surface area contributed by atoms with E-state index in [0.717, 1.165) is 38.1 Å². The lowest BCUT2D eigenvalue weighted by Gasteiger charge is -2.17. The van der Waals surface area contributed by atoms with Crippen molar-refractivity contribution in [1.29, 1.82) is 0 Å². The fourth-order valence-corrected chi connectivity index (χ4v) is 5.31. The number of phenolic OH excluding ortho intramolecular Hbond substituents is 1. The van der Waals surface area contributed by atoms with Crippen LogP contribution in [0.1, 0.15) is 24.0 Å². The Morgan fingerprint density at radius 2 is 1.60 bits per heavy atom. The molecule has 0 unspecified atom stereocenters. The summed E-state index contributed by atoms with van der Waals surface area (Å²) < 4.78 is 5.94. The van der Waals surface area contributed by atoms with Gasteiger partial charge in [0.05, 0.1) is 5.69 Å². The first-order valence-electron chi connectivity index (χ1n) is 13.5. The van der Waals surface area contributed by atoms with Gasteiger partial charge in [-0.15, -0.1) is 0 Å². The number of fused-ring (bicyclic) bond motifs is 2. The second-order valence-corrected chi connectivity index (χ2v) is 10.3. The molecule has 208 valence electrons. The Morgan fingerprint density at radius 3 is 2.33 bits per heavy atom. The molecule has 1 aliphatic carbocycles. The van der Waals surface area contributed by atoms with Crippen LogP contribution >= 0.6 is 0 Å². The van der Waals surface area contributed by atoms with Crippen LogP contribution in [-0.2, 0) is 20.8 Å². The maximum absolute atomic E-state index is 12.7. The molecule has 3 aromatic rings. The number of phenols is 1. The SMILES string of the molecule is Cc1cc(NC(=O)CCCc2ccc(N3C(=O)C=CC3=O)cc2)ccc1-c1c2ccc(=O)cc-2oc2cc(O)ccc12. The molecule has 0 saturated carbocycles. The number of aromatic hydroxyl groups is 1. The number of benzene rings is 4. The highest BCUT2D eigenvalue weighted by atomic mass is 16.3. The van der Waals surface area contributed by atoms with Crippen LogP contribution in [0.3, 0.4) is 0 Å². The van der Waals surface area contributed by atoms with Gasteiger partial charge in [-0.3, -0.25) is 19.2 Å². The molecular weight excluding hydrogens is 532 g/mol. The molecule has 2 aliphatic heterocycles. The van der Waals surface area contributed by atoms with Gasteiger partial charge in [0.25, 0.3) is 11.8 Å². The van der Waals surface area contributed by atoms with Gasteiger partial charge in [0, 0.05) is 52.9 Å². The third-order valence-electron chi connectivity index (χ3n) is 7.33. The summed E-state index contributed by atoms with van der Waals surface area (Å²) in [6.07, 6.45) is 4.13. The smallest absolute Gasteiger partial charge is 0.258 e. The van der Waals surface area contributed by atoms with Crippen molar-refractivity contribution in [2.24, 2.45) is 0 Å². The normalized spacial score (nSPS) is 12.9. The summed E-state index contributed by atoms with van der Waals surface area (Å²) in [5.74, 6) is -0.323. The first-order chi connectivity index (χ1) is 20.3. The lowest BCUT2D eigenvalue weighted by atomic mass is 9.91. The number of nitrogens with zero attached hydrogens (tertiary/aromatic N) is 1. The van der Waals surface area contributed by atoms with Crippen molar-refractivity contribution in [2.75, 3.05) is 10.2 Å². The fraction of sp³-hybridized carbons (Fsp3) is 0.118. The minimum Gasteiger partial charge on any atom is -0.508 e. The monoisotopic (exact) mass is 558 g/mol. The van der Waals surface area contributed by atoms with Crippen molar-refractivity contribution >= 4 is 40.1 Å². The van der Waals surface area contributed by atoms with E-state index in [4.69, 9.17) is 4.42 Å². The van der Waals surface area contributed by atoms with Crippen molar-refractivity contribution < 1.29 is 23.9 Å². The van der Waals surface area contributed by atoms with Gasteiger partial charge in [-0.25, -0.2) is 4.90 Å². The maximum atomic E-state index is 12.7. The Hall–Kier alpha value is -5.50. The predicted molar refractivity (Wildman–Crippen MR) is 161 cm³/mol. The summed E-state index contributed by atoms with van der Waals surface area (Å²) in [7, 11) is 0. The number of aryl methyl sites for hydroxylation is 2. The van der Waals surface area contributed by atoms with Crippen LogP contribution in [0.5, 0.6) is 5.75 Å².